The molecule has 6 heterocycles. The van der Waals surface area contributed by atoms with Crippen molar-refractivity contribution in [3.8, 4) is 0 Å². The molecule has 1 spiro atoms. The van der Waals surface area contributed by atoms with Crippen molar-refractivity contribution in [1.82, 2.24) is 41.2 Å². The average Bonchev–Trinajstić information content (AvgIpc) is 3.84. The van der Waals surface area contributed by atoms with Crippen molar-refractivity contribution in [3.63, 3.8) is 0 Å². The van der Waals surface area contributed by atoms with Gasteiger partial charge < -0.3 is 59.7 Å². The van der Waals surface area contributed by atoms with E-state index in [1.54, 1.807) is 27.7 Å². The Hall–Kier alpha value is -4.43. The number of carbonyl (C=O) groups is 5. The van der Waals surface area contributed by atoms with Gasteiger partial charge in [-0.3, -0.25) is 19.2 Å². The van der Waals surface area contributed by atoms with Crippen LogP contribution in [-0.4, -0.2) is 117 Å². The number of H-pyrrole nitrogens is 2. The molecule has 49 heavy (non-hydrogen) atoms. The Labute approximate surface area is 280 Å². The number of fused-ring (bicyclic) bond motifs is 2. The number of aromatic nitrogens is 4. The molecule has 0 saturated carbocycles. The summed E-state index contributed by atoms with van der Waals surface area (Å²) < 4.78 is 36.0. The molecule has 7 atom stereocenters. The summed E-state index contributed by atoms with van der Waals surface area (Å²) in [6.07, 6.45) is 0.00906. The molecule has 0 bridgehead atoms. The molecular weight excluding hydrogens is 648 g/mol. The second kappa shape index (κ2) is 13.5. The number of esters is 1. The molecule has 0 radical (unpaired) electrons. The van der Waals surface area contributed by atoms with Gasteiger partial charge in [0.2, 0.25) is 17.7 Å². The normalized spacial score (nSPS) is 33.8. The molecule has 2 unspecified atom stereocenters. The Balaban J connectivity index is 1.34. The molecule has 2 aromatic rings. The zero-order chi connectivity index (χ0) is 35.0. The lowest BCUT2D eigenvalue weighted by Gasteiger charge is -2.36. The van der Waals surface area contributed by atoms with Gasteiger partial charge >= 0.3 is 12.1 Å². The van der Waals surface area contributed by atoms with Gasteiger partial charge in [-0.25, -0.2) is 14.8 Å². The number of nitrogens with zero attached hydrogens (tertiary/aromatic N) is 2. The first-order chi connectivity index (χ1) is 23.2. The monoisotopic (exact) mass is 688 g/mol. The highest BCUT2D eigenvalue weighted by molar-refractivity contribution is 5.92. The van der Waals surface area contributed by atoms with Crippen LogP contribution in [0, 0.1) is 0 Å². The fraction of sp³-hybridized carbons (Fsp3) is 0.633. The summed E-state index contributed by atoms with van der Waals surface area (Å²) in [5, 5.41) is 10.5. The summed E-state index contributed by atoms with van der Waals surface area (Å²) in [6, 6.07) is -2.41. The third kappa shape index (κ3) is 7.91. The van der Waals surface area contributed by atoms with Crippen molar-refractivity contribution in [2.45, 2.75) is 107 Å². The molecule has 0 aromatic carbocycles. The maximum Gasteiger partial charge on any atom is 0.415 e. The standard InChI is InChI=1S/C30H40N8O11/c1-28(2)44-12-19(46-28)22-23-24(49-29(3,4)47-23)30(48-22)9-21(40)45-27(43)37-17(7-15-10-31-13-34-15)25(41)33-6-5-20(39)36-18(26(42)38-30)8-16-11-32-14-35-16/h10-11,13-14,17-19,22-24H,5-9,12H2,1-4H3,(H,31,34)(H,32,35)(H,33,41)(H,36,39)(H,37,43)(H,38,42)/t17?,18?,19-,22-,23+,24+,30+/m0/s1. The van der Waals surface area contributed by atoms with Crippen LogP contribution in [0.25, 0.3) is 0 Å². The van der Waals surface area contributed by atoms with Gasteiger partial charge in [-0.15, -0.1) is 0 Å². The van der Waals surface area contributed by atoms with Crippen LogP contribution in [0.5, 0.6) is 0 Å². The molecule has 4 fully saturated rings. The fourth-order valence-electron chi connectivity index (χ4n) is 6.38. The zero-order valence-corrected chi connectivity index (χ0v) is 27.4. The number of ether oxygens (including phenoxy) is 6. The number of carbonyl (C=O) groups excluding carboxylic acids is 5. The molecular formula is C30H40N8O11. The third-order valence-corrected chi connectivity index (χ3v) is 8.47. The van der Waals surface area contributed by atoms with Crippen LogP contribution < -0.4 is 21.3 Å². The largest absolute Gasteiger partial charge is 0.415 e. The Bertz CT molecular complexity index is 1550. The van der Waals surface area contributed by atoms with Gasteiger partial charge in [0.05, 0.1) is 25.7 Å². The van der Waals surface area contributed by atoms with Gasteiger partial charge in [0.15, 0.2) is 17.3 Å². The summed E-state index contributed by atoms with van der Waals surface area (Å²) in [6.45, 7) is 6.79. The van der Waals surface area contributed by atoms with Crippen molar-refractivity contribution in [2.75, 3.05) is 13.2 Å². The predicted molar refractivity (Wildman–Crippen MR) is 162 cm³/mol. The number of amides is 4. The van der Waals surface area contributed by atoms with Crippen LogP contribution in [-0.2, 0) is 60.4 Å². The van der Waals surface area contributed by atoms with E-state index in [1.807, 2.05) is 0 Å². The zero-order valence-electron chi connectivity index (χ0n) is 27.4. The molecule has 6 N–H and O–H groups in total. The van der Waals surface area contributed by atoms with Crippen LogP contribution in [0.15, 0.2) is 25.0 Å². The van der Waals surface area contributed by atoms with Crippen molar-refractivity contribution in [2.24, 2.45) is 0 Å². The first-order valence-electron chi connectivity index (χ1n) is 15.9. The average molecular weight is 689 g/mol. The summed E-state index contributed by atoms with van der Waals surface area (Å²) in [7, 11) is 0. The number of rotatable bonds is 5. The van der Waals surface area contributed by atoms with Crippen molar-refractivity contribution in [3.05, 3.63) is 36.4 Å². The Morgan fingerprint density at radius 3 is 2.08 bits per heavy atom. The van der Waals surface area contributed by atoms with E-state index in [0.29, 0.717) is 11.4 Å². The topological polar surface area (TPSA) is 246 Å². The highest BCUT2D eigenvalue weighted by atomic mass is 16.8. The van der Waals surface area contributed by atoms with Crippen LogP contribution in [0.4, 0.5) is 4.79 Å². The summed E-state index contributed by atoms with van der Waals surface area (Å²) in [5.74, 6) is -5.19. The number of cyclic esters (lactones) is 2. The number of hydrogen-bond donors (Lipinski definition) is 6. The second-order valence-corrected chi connectivity index (χ2v) is 13.2. The van der Waals surface area contributed by atoms with Crippen molar-refractivity contribution >= 4 is 29.8 Å². The summed E-state index contributed by atoms with van der Waals surface area (Å²) >= 11 is 0. The third-order valence-electron chi connectivity index (χ3n) is 8.47. The van der Waals surface area contributed by atoms with Gasteiger partial charge in [0.1, 0.15) is 36.5 Å². The van der Waals surface area contributed by atoms with Gasteiger partial charge in [-0.2, -0.15) is 0 Å². The van der Waals surface area contributed by atoms with Crippen LogP contribution in [0.2, 0.25) is 0 Å². The lowest BCUT2D eigenvalue weighted by Crippen LogP contribution is -2.62. The van der Waals surface area contributed by atoms with Crippen molar-refractivity contribution < 1.29 is 52.4 Å². The molecule has 19 nitrogen and oxygen atoms in total. The number of alkyl carbamates (subject to hydrolysis) is 1. The van der Waals surface area contributed by atoms with Gasteiger partial charge in [0, 0.05) is 49.6 Å². The fourth-order valence-corrected chi connectivity index (χ4v) is 6.38. The quantitative estimate of drug-likeness (QED) is 0.160. The second-order valence-electron chi connectivity index (χ2n) is 13.2. The Morgan fingerprint density at radius 1 is 0.796 bits per heavy atom. The van der Waals surface area contributed by atoms with E-state index in [-0.39, 0.29) is 32.4 Å². The van der Waals surface area contributed by atoms with E-state index in [4.69, 9.17) is 28.4 Å². The van der Waals surface area contributed by atoms with Gasteiger partial charge in [0.25, 0.3) is 0 Å². The summed E-state index contributed by atoms with van der Waals surface area (Å²) in [4.78, 5) is 80.7. The Morgan fingerprint density at radius 2 is 1.47 bits per heavy atom. The first-order valence-corrected chi connectivity index (χ1v) is 15.9. The van der Waals surface area contributed by atoms with E-state index in [2.05, 4.69) is 41.2 Å². The van der Waals surface area contributed by atoms with E-state index in [1.165, 1.54) is 25.0 Å². The Kier molecular flexibility index (Phi) is 9.46. The minimum Gasteiger partial charge on any atom is -0.376 e. The number of aromatic amines is 2. The minimum absolute atomic E-state index is 0.0206. The predicted octanol–water partition coefficient (Wildman–Crippen LogP) is -1.18. The highest BCUT2D eigenvalue weighted by Gasteiger charge is 2.67. The summed E-state index contributed by atoms with van der Waals surface area (Å²) in [5.41, 5.74) is -0.937. The number of hydrogen-bond acceptors (Lipinski definition) is 13. The minimum atomic E-state index is -1.98. The number of nitrogens with one attached hydrogen (secondary N) is 6. The maximum absolute atomic E-state index is 14.1. The molecule has 266 valence electrons. The lowest BCUT2D eigenvalue weighted by atomic mass is 9.97. The van der Waals surface area contributed by atoms with Crippen LogP contribution >= 0.6 is 0 Å². The van der Waals surface area contributed by atoms with E-state index in [9.17, 15) is 24.0 Å². The SMILES string of the molecule is CC1(C)OC[C@@H]([C@@H]2O[C@]3(CC(=O)OC(=O)NC(Cc4cnc[nH]4)C(=O)NCCC(=O)NC(Cc4cnc[nH]4)C(=O)N3)[C@@H]3OC(C)(C)O[C@H]23)O1. The lowest BCUT2D eigenvalue weighted by molar-refractivity contribution is -0.235. The molecule has 4 saturated heterocycles. The van der Waals surface area contributed by atoms with E-state index >= 15 is 0 Å². The molecule has 4 amide bonds. The maximum atomic E-state index is 14.1. The smallest absolute Gasteiger partial charge is 0.376 e. The number of imidazole rings is 2. The molecule has 4 aliphatic rings. The highest BCUT2D eigenvalue weighted by Crippen LogP contribution is 2.47. The van der Waals surface area contributed by atoms with Crippen molar-refractivity contribution in [1.29, 1.82) is 0 Å². The van der Waals surface area contributed by atoms with Gasteiger partial charge in [-0.1, -0.05) is 0 Å². The van der Waals surface area contributed by atoms with Crippen LogP contribution in [0.3, 0.4) is 0 Å². The molecule has 6 rings (SSSR count). The molecule has 2 aromatic heterocycles. The van der Waals surface area contributed by atoms with E-state index in [0.717, 1.165) is 0 Å². The molecule has 0 aliphatic carbocycles. The first kappa shape index (κ1) is 34.4. The van der Waals surface area contributed by atoms with E-state index < -0.39 is 90.0 Å². The molecule has 19 heteroatoms. The van der Waals surface area contributed by atoms with Gasteiger partial charge in [-0.05, 0) is 27.7 Å². The molecule has 4 aliphatic heterocycles. The van der Waals surface area contributed by atoms with Crippen LogP contribution in [0.1, 0.15) is 51.9 Å².